The summed E-state index contributed by atoms with van der Waals surface area (Å²) in [7, 11) is 0.0488. The number of sulfonamides is 1. The van der Waals surface area contributed by atoms with E-state index in [4.69, 9.17) is 25.8 Å². The summed E-state index contributed by atoms with van der Waals surface area (Å²) in [4.78, 5) is 15.0. The van der Waals surface area contributed by atoms with Gasteiger partial charge in [0.05, 0.1) is 31.9 Å². The molecule has 0 radical (unpaired) electrons. The molecule has 8 nitrogen and oxygen atoms in total. The zero-order chi connectivity index (χ0) is 25.2. The maximum atomic E-state index is 13.9. The minimum Gasteiger partial charge on any atom is -0.495 e. The first kappa shape index (κ1) is 24.7. The molecular weight excluding hydrogens is 492 g/mol. The second-order valence-electron chi connectivity index (χ2n) is 7.77. The molecule has 0 unspecified atom stereocenters. The van der Waals surface area contributed by atoms with Gasteiger partial charge in [-0.25, -0.2) is 8.42 Å². The lowest BCUT2D eigenvalue weighted by atomic mass is 10.2. The van der Waals surface area contributed by atoms with Gasteiger partial charge in [-0.15, -0.1) is 0 Å². The van der Waals surface area contributed by atoms with Gasteiger partial charge < -0.3 is 19.1 Å². The number of anilines is 2. The number of halogens is 1. The minimum absolute atomic E-state index is 0.0770. The van der Waals surface area contributed by atoms with E-state index >= 15 is 0 Å². The molecule has 10 heteroatoms. The third kappa shape index (κ3) is 4.74. The molecule has 0 bridgehead atoms. The molecule has 0 atom stereocenters. The quantitative estimate of drug-likeness (QED) is 0.447. The molecule has 4 rings (SSSR count). The summed E-state index contributed by atoms with van der Waals surface area (Å²) in [5.41, 5.74) is 1.96. The fourth-order valence-electron chi connectivity index (χ4n) is 4.07. The zero-order valence-electron chi connectivity index (χ0n) is 19.5. The molecule has 3 aromatic rings. The molecule has 1 aliphatic rings. The number of carbonyl (C=O) groups excluding carboxylic acids is 1. The number of carbonyl (C=O) groups is 1. The average molecular weight is 517 g/mol. The van der Waals surface area contributed by atoms with Gasteiger partial charge in [-0.1, -0.05) is 29.8 Å². The van der Waals surface area contributed by atoms with Gasteiger partial charge in [0.15, 0.2) is 11.5 Å². The van der Waals surface area contributed by atoms with Crippen molar-refractivity contribution in [3.63, 3.8) is 0 Å². The van der Waals surface area contributed by atoms with Crippen molar-refractivity contribution in [1.29, 1.82) is 0 Å². The van der Waals surface area contributed by atoms with Crippen molar-refractivity contribution < 1.29 is 27.4 Å². The van der Waals surface area contributed by atoms with E-state index in [0.29, 0.717) is 23.7 Å². The van der Waals surface area contributed by atoms with E-state index < -0.39 is 16.6 Å². The number of rotatable bonds is 8. The van der Waals surface area contributed by atoms with Gasteiger partial charge in [-0.05, 0) is 48.4 Å². The molecule has 1 amide bonds. The summed E-state index contributed by atoms with van der Waals surface area (Å²) in [6.07, 6.45) is 0.699. The predicted octanol–water partition coefficient (Wildman–Crippen LogP) is 4.15. The average Bonchev–Trinajstić information content (AvgIpc) is 3.31. The summed E-state index contributed by atoms with van der Waals surface area (Å²) in [5, 5.41) is 0.298. The Labute approximate surface area is 209 Å². The van der Waals surface area contributed by atoms with Gasteiger partial charge in [0.25, 0.3) is 10.0 Å². The van der Waals surface area contributed by atoms with Crippen LogP contribution in [0.4, 0.5) is 11.4 Å². The number of benzene rings is 3. The molecule has 1 heterocycles. The van der Waals surface area contributed by atoms with Crippen molar-refractivity contribution in [2.75, 3.05) is 43.6 Å². The number of amides is 1. The minimum atomic E-state index is -4.25. The summed E-state index contributed by atoms with van der Waals surface area (Å²) < 4.78 is 44.8. The number of hydrogen-bond acceptors (Lipinski definition) is 6. The summed E-state index contributed by atoms with van der Waals surface area (Å²) >= 11 is 6.22. The highest BCUT2D eigenvalue weighted by atomic mass is 35.5. The maximum absolute atomic E-state index is 13.9. The van der Waals surface area contributed by atoms with Gasteiger partial charge in [-0.3, -0.25) is 9.10 Å². The van der Waals surface area contributed by atoms with Crippen molar-refractivity contribution >= 4 is 38.9 Å². The monoisotopic (exact) mass is 516 g/mol. The van der Waals surface area contributed by atoms with Crippen LogP contribution < -0.4 is 23.4 Å². The molecule has 0 saturated heterocycles. The van der Waals surface area contributed by atoms with E-state index in [0.717, 1.165) is 15.6 Å². The largest absolute Gasteiger partial charge is 0.495 e. The number of nitrogens with zero attached hydrogens (tertiary/aromatic N) is 2. The Morgan fingerprint density at radius 3 is 2.34 bits per heavy atom. The number of para-hydroxylation sites is 1. The maximum Gasteiger partial charge on any atom is 0.265 e. The van der Waals surface area contributed by atoms with Gasteiger partial charge in [-0.2, -0.15) is 0 Å². The first-order valence-corrected chi connectivity index (χ1v) is 12.6. The smallest absolute Gasteiger partial charge is 0.265 e. The van der Waals surface area contributed by atoms with E-state index in [-0.39, 0.29) is 28.0 Å². The van der Waals surface area contributed by atoms with Gasteiger partial charge in [0, 0.05) is 23.3 Å². The topological polar surface area (TPSA) is 85.4 Å². The molecule has 0 N–H and O–H groups in total. The fraction of sp³-hybridized carbons (Fsp3) is 0.240. The van der Waals surface area contributed by atoms with Crippen molar-refractivity contribution in [3.05, 3.63) is 71.2 Å². The Kier molecular flexibility index (Phi) is 7.09. The molecule has 1 aliphatic heterocycles. The molecule has 0 fully saturated rings. The molecule has 0 saturated carbocycles. The van der Waals surface area contributed by atoms with Crippen LogP contribution in [0.2, 0.25) is 5.02 Å². The van der Waals surface area contributed by atoms with E-state index in [9.17, 15) is 13.2 Å². The lowest BCUT2D eigenvalue weighted by Gasteiger charge is -2.28. The van der Waals surface area contributed by atoms with Crippen LogP contribution in [-0.4, -0.2) is 48.7 Å². The van der Waals surface area contributed by atoms with Gasteiger partial charge >= 0.3 is 0 Å². The summed E-state index contributed by atoms with van der Waals surface area (Å²) in [6, 6.07) is 16.4. The highest BCUT2D eigenvalue weighted by Crippen LogP contribution is 2.37. The van der Waals surface area contributed by atoms with Crippen molar-refractivity contribution in [1.82, 2.24) is 0 Å². The first-order valence-electron chi connectivity index (χ1n) is 10.8. The Bertz CT molecular complexity index is 1360. The highest BCUT2D eigenvalue weighted by Gasteiger charge is 2.33. The number of hydrogen-bond donors (Lipinski definition) is 0. The predicted molar refractivity (Wildman–Crippen MR) is 135 cm³/mol. The molecule has 3 aromatic carbocycles. The number of fused-ring (bicyclic) bond motifs is 1. The van der Waals surface area contributed by atoms with E-state index in [1.807, 2.05) is 24.3 Å². The van der Waals surface area contributed by atoms with Crippen LogP contribution >= 0.6 is 11.6 Å². The molecule has 0 spiro atoms. The first-order chi connectivity index (χ1) is 16.8. The Morgan fingerprint density at radius 2 is 1.63 bits per heavy atom. The third-order valence-electron chi connectivity index (χ3n) is 5.82. The van der Waals surface area contributed by atoms with Crippen LogP contribution in [0.15, 0.2) is 65.6 Å². The molecule has 184 valence electrons. The Balaban J connectivity index is 1.80. The number of ether oxygens (including phenoxy) is 3. The van der Waals surface area contributed by atoms with Crippen molar-refractivity contribution in [3.8, 4) is 17.2 Å². The molecule has 0 aromatic heterocycles. The second kappa shape index (κ2) is 10.1. The Hall–Kier alpha value is -3.43. The van der Waals surface area contributed by atoms with E-state index in [1.165, 1.54) is 45.6 Å². The second-order valence-corrected chi connectivity index (χ2v) is 10.1. The molecular formula is C25H25ClN2O6S. The van der Waals surface area contributed by atoms with Crippen molar-refractivity contribution in [2.45, 2.75) is 11.3 Å². The van der Waals surface area contributed by atoms with Crippen LogP contribution in [0.3, 0.4) is 0 Å². The van der Waals surface area contributed by atoms with E-state index in [2.05, 4.69) is 0 Å². The molecule has 0 aliphatic carbocycles. The standard InChI is InChI=1S/C25H25ClN2O6S/c1-32-22-10-8-18(26)14-21(22)28(16-25(29)27-13-12-17-6-4-5-7-20(17)27)35(30,31)19-9-11-23(33-2)24(15-19)34-3/h4-11,14-15H,12-13,16H2,1-3H3. The normalized spacial score (nSPS) is 12.7. The van der Waals surface area contributed by atoms with E-state index in [1.54, 1.807) is 17.0 Å². The van der Waals surface area contributed by atoms with Crippen LogP contribution in [0.25, 0.3) is 0 Å². The lowest BCUT2D eigenvalue weighted by Crippen LogP contribution is -2.42. The highest BCUT2D eigenvalue weighted by molar-refractivity contribution is 7.92. The van der Waals surface area contributed by atoms with Gasteiger partial charge in [0.2, 0.25) is 5.91 Å². The summed E-state index contributed by atoms with van der Waals surface area (Å²) in [6.45, 7) is 0.0107. The van der Waals surface area contributed by atoms with Crippen molar-refractivity contribution in [2.24, 2.45) is 0 Å². The van der Waals surface area contributed by atoms with Crippen LogP contribution in [-0.2, 0) is 21.2 Å². The SMILES string of the molecule is COc1ccc(S(=O)(=O)N(CC(=O)N2CCc3ccccc32)c2cc(Cl)ccc2OC)cc1OC. The summed E-state index contributed by atoms with van der Waals surface area (Å²) in [5.74, 6) is 0.503. The van der Waals surface area contributed by atoms with Crippen LogP contribution in [0.1, 0.15) is 5.56 Å². The zero-order valence-corrected chi connectivity index (χ0v) is 21.1. The number of methoxy groups -OCH3 is 3. The van der Waals surface area contributed by atoms with Crippen LogP contribution in [0, 0.1) is 0 Å². The Morgan fingerprint density at radius 1 is 0.943 bits per heavy atom. The van der Waals surface area contributed by atoms with Crippen LogP contribution in [0.5, 0.6) is 17.2 Å². The van der Waals surface area contributed by atoms with Gasteiger partial charge in [0.1, 0.15) is 12.3 Å². The lowest BCUT2D eigenvalue weighted by molar-refractivity contribution is -0.117. The fourth-order valence-corrected chi connectivity index (χ4v) is 5.67. The molecule has 35 heavy (non-hydrogen) atoms. The third-order valence-corrected chi connectivity index (χ3v) is 7.81.